The Labute approximate surface area is 123 Å². The number of hydrogen-bond donors (Lipinski definition) is 2. The lowest BCUT2D eigenvalue weighted by atomic mass is 10.1. The number of nitrogens with one attached hydrogen (secondary N) is 1. The third kappa shape index (κ3) is 3.65. The molecule has 0 aliphatic carbocycles. The quantitative estimate of drug-likeness (QED) is 0.908. The maximum Gasteiger partial charge on any atom is 0.227 e. The van der Waals surface area contributed by atoms with Crippen molar-refractivity contribution in [3.63, 3.8) is 0 Å². The molecule has 0 bridgehead atoms. The predicted octanol–water partition coefficient (Wildman–Crippen LogP) is 3.10. The topological polar surface area (TPSA) is 68.0 Å². The third-order valence-corrected chi connectivity index (χ3v) is 3.76. The monoisotopic (exact) mass is 289 g/mol. The standard InChI is InChI=1S/C15H19N3OS/c1-9-4-6-12(7-5-9)14-11(3)20-15(18-14)17-13(19)8-10(2)16/h4-7,10H,8,16H2,1-3H3,(H,17,18,19). The molecule has 0 saturated heterocycles. The summed E-state index contributed by atoms with van der Waals surface area (Å²) in [6.07, 6.45) is 0.304. The molecule has 0 aliphatic rings. The second-order valence-corrected chi connectivity index (χ2v) is 6.22. The van der Waals surface area contributed by atoms with Gasteiger partial charge in [-0.3, -0.25) is 4.79 Å². The lowest BCUT2D eigenvalue weighted by molar-refractivity contribution is -0.116. The average Bonchev–Trinajstić information content (AvgIpc) is 2.70. The molecule has 2 rings (SSSR count). The summed E-state index contributed by atoms with van der Waals surface area (Å²) in [6.45, 7) is 5.87. The van der Waals surface area contributed by atoms with Crippen LogP contribution in [0.25, 0.3) is 11.3 Å². The number of hydrogen-bond acceptors (Lipinski definition) is 4. The van der Waals surface area contributed by atoms with E-state index in [1.54, 1.807) is 0 Å². The van der Waals surface area contributed by atoms with E-state index in [9.17, 15) is 4.79 Å². The van der Waals surface area contributed by atoms with Crippen LogP contribution < -0.4 is 11.1 Å². The first-order valence-electron chi connectivity index (χ1n) is 6.55. The van der Waals surface area contributed by atoms with E-state index in [0.29, 0.717) is 11.6 Å². The Morgan fingerprint density at radius 1 is 1.35 bits per heavy atom. The van der Waals surface area contributed by atoms with Crippen molar-refractivity contribution in [1.29, 1.82) is 0 Å². The third-order valence-electron chi connectivity index (χ3n) is 2.88. The SMILES string of the molecule is Cc1ccc(-c2nc(NC(=O)CC(C)N)sc2C)cc1. The summed E-state index contributed by atoms with van der Waals surface area (Å²) in [5.41, 5.74) is 8.81. The summed E-state index contributed by atoms with van der Waals surface area (Å²) in [6, 6.07) is 8.06. The number of anilines is 1. The van der Waals surface area contributed by atoms with E-state index in [1.165, 1.54) is 16.9 Å². The fourth-order valence-electron chi connectivity index (χ4n) is 1.89. The molecule has 2 aromatic rings. The number of nitrogens with zero attached hydrogens (tertiary/aromatic N) is 1. The first kappa shape index (κ1) is 14.7. The molecule has 20 heavy (non-hydrogen) atoms. The number of benzene rings is 1. The number of aryl methyl sites for hydroxylation is 2. The Balaban J connectivity index is 2.17. The van der Waals surface area contributed by atoms with Gasteiger partial charge in [0, 0.05) is 22.9 Å². The highest BCUT2D eigenvalue weighted by atomic mass is 32.1. The predicted molar refractivity (Wildman–Crippen MR) is 83.9 cm³/mol. The fourth-order valence-corrected chi connectivity index (χ4v) is 2.74. The molecule has 3 N–H and O–H groups in total. The summed E-state index contributed by atoms with van der Waals surface area (Å²) in [7, 11) is 0. The van der Waals surface area contributed by atoms with Gasteiger partial charge in [-0.1, -0.05) is 29.8 Å². The average molecular weight is 289 g/mol. The minimum atomic E-state index is -0.146. The highest BCUT2D eigenvalue weighted by Crippen LogP contribution is 2.30. The van der Waals surface area contributed by atoms with Gasteiger partial charge in [0.2, 0.25) is 5.91 Å². The minimum Gasteiger partial charge on any atom is -0.327 e. The molecule has 4 nitrogen and oxygen atoms in total. The zero-order valence-corrected chi connectivity index (χ0v) is 12.8. The van der Waals surface area contributed by atoms with Crippen molar-refractivity contribution < 1.29 is 4.79 Å². The molecule has 0 aliphatic heterocycles. The molecule has 0 saturated carbocycles. The highest BCUT2D eigenvalue weighted by molar-refractivity contribution is 7.16. The van der Waals surface area contributed by atoms with Gasteiger partial charge in [0.15, 0.2) is 5.13 Å². The molecule has 0 fully saturated rings. The fraction of sp³-hybridized carbons (Fsp3) is 0.333. The molecule has 5 heteroatoms. The van der Waals surface area contributed by atoms with Gasteiger partial charge >= 0.3 is 0 Å². The number of carbonyl (C=O) groups excluding carboxylic acids is 1. The van der Waals surface area contributed by atoms with Gasteiger partial charge in [-0.05, 0) is 20.8 Å². The second kappa shape index (κ2) is 6.15. The smallest absolute Gasteiger partial charge is 0.227 e. The van der Waals surface area contributed by atoms with Gasteiger partial charge in [0.05, 0.1) is 5.69 Å². The Morgan fingerprint density at radius 2 is 2.00 bits per heavy atom. The van der Waals surface area contributed by atoms with Crippen molar-refractivity contribution in [1.82, 2.24) is 4.98 Å². The van der Waals surface area contributed by atoms with Gasteiger partial charge in [0.25, 0.3) is 0 Å². The number of thiazole rings is 1. The number of rotatable bonds is 4. The second-order valence-electron chi connectivity index (χ2n) is 5.02. The van der Waals surface area contributed by atoms with Crippen LogP contribution in [0.2, 0.25) is 0 Å². The van der Waals surface area contributed by atoms with E-state index in [2.05, 4.69) is 29.4 Å². The maximum absolute atomic E-state index is 11.7. The van der Waals surface area contributed by atoms with Gasteiger partial charge in [-0.2, -0.15) is 0 Å². The van der Waals surface area contributed by atoms with Crippen LogP contribution in [0.5, 0.6) is 0 Å². The van der Waals surface area contributed by atoms with Gasteiger partial charge in [0.1, 0.15) is 0 Å². The van der Waals surface area contributed by atoms with Crippen molar-refractivity contribution in [2.45, 2.75) is 33.2 Å². The van der Waals surface area contributed by atoms with Gasteiger partial charge in [-0.15, -0.1) is 11.3 Å². The van der Waals surface area contributed by atoms with Crippen LogP contribution in [0.3, 0.4) is 0 Å². The van der Waals surface area contributed by atoms with Crippen LogP contribution in [0.1, 0.15) is 23.8 Å². The van der Waals surface area contributed by atoms with Crippen LogP contribution in [0.4, 0.5) is 5.13 Å². The Hall–Kier alpha value is -1.72. The first-order chi connectivity index (χ1) is 9.45. The van der Waals surface area contributed by atoms with Crippen LogP contribution in [-0.4, -0.2) is 16.9 Å². The molecule has 0 spiro atoms. The summed E-state index contributed by atoms with van der Waals surface area (Å²) in [5, 5.41) is 3.43. The van der Waals surface area contributed by atoms with E-state index < -0.39 is 0 Å². The maximum atomic E-state index is 11.7. The van der Waals surface area contributed by atoms with Crippen LogP contribution in [-0.2, 0) is 4.79 Å². The van der Waals surface area contributed by atoms with E-state index in [1.807, 2.05) is 26.0 Å². The summed E-state index contributed by atoms with van der Waals surface area (Å²) in [4.78, 5) is 17.3. The highest BCUT2D eigenvalue weighted by Gasteiger charge is 2.12. The molecular formula is C15H19N3OS. The van der Waals surface area contributed by atoms with Crippen molar-refractivity contribution >= 4 is 22.4 Å². The minimum absolute atomic E-state index is 0.0933. The van der Waals surface area contributed by atoms with Crippen molar-refractivity contribution in [2.75, 3.05) is 5.32 Å². The van der Waals surface area contributed by atoms with E-state index >= 15 is 0 Å². The number of carbonyl (C=O) groups is 1. The van der Waals surface area contributed by atoms with Gasteiger partial charge < -0.3 is 11.1 Å². The largest absolute Gasteiger partial charge is 0.327 e. The summed E-state index contributed by atoms with van der Waals surface area (Å²) >= 11 is 1.48. The molecule has 1 unspecified atom stereocenters. The summed E-state index contributed by atoms with van der Waals surface area (Å²) < 4.78 is 0. The molecule has 1 heterocycles. The molecule has 1 atom stereocenters. The first-order valence-corrected chi connectivity index (χ1v) is 7.37. The van der Waals surface area contributed by atoms with Crippen molar-refractivity contribution in [2.24, 2.45) is 5.73 Å². The molecule has 1 amide bonds. The number of nitrogens with two attached hydrogens (primary N) is 1. The molecule has 0 radical (unpaired) electrons. The lowest BCUT2D eigenvalue weighted by Crippen LogP contribution is -2.23. The molecule has 106 valence electrons. The molecule has 1 aromatic carbocycles. The molecular weight excluding hydrogens is 270 g/mol. The van der Waals surface area contributed by atoms with Crippen LogP contribution >= 0.6 is 11.3 Å². The zero-order valence-electron chi connectivity index (χ0n) is 11.9. The van der Waals surface area contributed by atoms with Crippen molar-refractivity contribution in [3.8, 4) is 11.3 Å². The molecule has 1 aromatic heterocycles. The number of aromatic nitrogens is 1. The van der Waals surface area contributed by atoms with Crippen LogP contribution in [0, 0.1) is 13.8 Å². The van der Waals surface area contributed by atoms with Crippen molar-refractivity contribution in [3.05, 3.63) is 34.7 Å². The van der Waals surface area contributed by atoms with Gasteiger partial charge in [-0.25, -0.2) is 4.98 Å². The summed E-state index contributed by atoms with van der Waals surface area (Å²) in [5.74, 6) is -0.0933. The Kier molecular flexibility index (Phi) is 4.52. The lowest BCUT2D eigenvalue weighted by Gasteiger charge is -2.03. The zero-order chi connectivity index (χ0) is 14.7. The van der Waals surface area contributed by atoms with E-state index in [0.717, 1.165) is 16.1 Å². The van der Waals surface area contributed by atoms with E-state index in [-0.39, 0.29) is 11.9 Å². The van der Waals surface area contributed by atoms with Crippen LogP contribution in [0.15, 0.2) is 24.3 Å². The normalized spacial score (nSPS) is 12.2. The van der Waals surface area contributed by atoms with E-state index in [4.69, 9.17) is 5.73 Å². The number of amides is 1. The Morgan fingerprint density at radius 3 is 2.60 bits per heavy atom. The Bertz CT molecular complexity index is 602.